The summed E-state index contributed by atoms with van der Waals surface area (Å²) in [5.41, 5.74) is 0.928. The Hall–Kier alpha value is -1.29. The zero-order chi connectivity index (χ0) is 13.8. The van der Waals surface area contributed by atoms with Gasteiger partial charge in [-0.25, -0.2) is 4.39 Å². The number of para-hydroxylation sites is 1. The van der Waals surface area contributed by atoms with Crippen LogP contribution in [0.1, 0.15) is 11.6 Å². The molecule has 0 saturated heterocycles. The van der Waals surface area contributed by atoms with Crippen molar-refractivity contribution in [2.45, 2.75) is 6.04 Å². The Kier molecular flexibility index (Phi) is 4.64. The Morgan fingerprint density at radius 1 is 1.05 bits per heavy atom. The quantitative estimate of drug-likeness (QED) is 0.883. The summed E-state index contributed by atoms with van der Waals surface area (Å²) in [6, 6.07) is 11.1. The van der Waals surface area contributed by atoms with Crippen molar-refractivity contribution < 1.29 is 9.50 Å². The molecule has 0 saturated carbocycles. The standard InChI is InChI=1S/C14H12Cl2FNO/c15-10-5-1-2-7-12(10)18-13(8-19)9-4-3-6-11(16)14(9)17/h1-7,13,18-19H,8H2. The minimum absolute atomic E-state index is 0.0249. The lowest BCUT2D eigenvalue weighted by Crippen LogP contribution is -2.16. The van der Waals surface area contributed by atoms with Crippen LogP contribution in [-0.2, 0) is 0 Å². The van der Waals surface area contributed by atoms with Gasteiger partial charge in [-0.05, 0) is 18.2 Å². The van der Waals surface area contributed by atoms with Crippen LogP contribution < -0.4 is 5.32 Å². The average molecular weight is 300 g/mol. The van der Waals surface area contributed by atoms with Crippen LogP contribution in [0.25, 0.3) is 0 Å². The van der Waals surface area contributed by atoms with Gasteiger partial charge in [0.1, 0.15) is 5.82 Å². The van der Waals surface area contributed by atoms with Gasteiger partial charge in [-0.1, -0.05) is 47.5 Å². The van der Waals surface area contributed by atoms with Gasteiger partial charge in [-0.3, -0.25) is 0 Å². The molecule has 5 heteroatoms. The minimum atomic E-state index is -0.612. The first-order valence-corrected chi connectivity index (χ1v) is 6.45. The van der Waals surface area contributed by atoms with Crippen molar-refractivity contribution in [1.29, 1.82) is 0 Å². The third-order valence-corrected chi connectivity index (χ3v) is 3.36. The third kappa shape index (κ3) is 3.18. The van der Waals surface area contributed by atoms with Crippen molar-refractivity contribution in [3.05, 3.63) is 63.9 Å². The van der Waals surface area contributed by atoms with Gasteiger partial charge >= 0.3 is 0 Å². The Morgan fingerprint density at radius 2 is 1.74 bits per heavy atom. The third-order valence-electron chi connectivity index (χ3n) is 2.74. The SMILES string of the molecule is OCC(Nc1ccccc1Cl)c1cccc(Cl)c1F. The lowest BCUT2D eigenvalue weighted by Gasteiger charge is -2.19. The zero-order valence-electron chi connectivity index (χ0n) is 9.91. The minimum Gasteiger partial charge on any atom is -0.394 e. The van der Waals surface area contributed by atoms with Gasteiger partial charge in [-0.2, -0.15) is 0 Å². The van der Waals surface area contributed by atoms with Crippen LogP contribution in [0.15, 0.2) is 42.5 Å². The second kappa shape index (κ2) is 6.24. The Balaban J connectivity index is 2.31. The first-order valence-electron chi connectivity index (χ1n) is 5.69. The summed E-state index contributed by atoms with van der Waals surface area (Å²) in [5, 5.41) is 13.0. The number of hydrogen-bond donors (Lipinski definition) is 2. The number of aliphatic hydroxyl groups is 1. The topological polar surface area (TPSA) is 32.3 Å². The van der Waals surface area contributed by atoms with Crippen LogP contribution in [0.5, 0.6) is 0 Å². The molecule has 19 heavy (non-hydrogen) atoms. The van der Waals surface area contributed by atoms with E-state index in [0.29, 0.717) is 16.3 Å². The fourth-order valence-corrected chi connectivity index (χ4v) is 2.15. The van der Waals surface area contributed by atoms with Crippen molar-refractivity contribution in [2.24, 2.45) is 0 Å². The molecule has 0 radical (unpaired) electrons. The van der Waals surface area contributed by atoms with Crippen LogP contribution in [0.3, 0.4) is 0 Å². The van der Waals surface area contributed by atoms with E-state index in [4.69, 9.17) is 23.2 Å². The highest BCUT2D eigenvalue weighted by Gasteiger charge is 2.17. The summed E-state index contributed by atoms with van der Waals surface area (Å²) < 4.78 is 13.9. The molecule has 0 spiro atoms. The molecular weight excluding hydrogens is 288 g/mol. The van der Waals surface area contributed by atoms with Gasteiger partial charge in [0.15, 0.2) is 0 Å². The largest absolute Gasteiger partial charge is 0.394 e. The van der Waals surface area contributed by atoms with Crippen LogP contribution in [0.4, 0.5) is 10.1 Å². The monoisotopic (exact) mass is 299 g/mol. The molecule has 0 fully saturated rings. The van der Waals surface area contributed by atoms with E-state index in [1.165, 1.54) is 6.07 Å². The van der Waals surface area contributed by atoms with E-state index in [1.54, 1.807) is 36.4 Å². The normalized spacial score (nSPS) is 12.2. The number of aliphatic hydroxyl groups excluding tert-OH is 1. The van der Waals surface area contributed by atoms with E-state index in [9.17, 15) is 9.50 Å². The number of benzene rings is 2. The predicted octanol–water partition coefficient (Wildman–Crippen LogP) is 4.28. The summed E-state index contributed by atoms with van der Waals surface area (Å²) in [4.78, 5) is 0. The van der Waals surface area contributed by atoms with Gasteiger partial charge in [0, 0.05) is 5.56 Å². The van der Waals surface area contributed by atoms with E-state index < -0.39 is 11.9 Å². The van der Waals surface area contributed by atoms with Gasteiger partial charge in [-0.15, -0.1) is 0 Å². The molecule has 0 amide bonds. The number of rotatable bonds is 4. The number of anilines is 1. The van der Waals surface area contributed by atoms with Gasteiger partial charge in [0.2, 0.25) is 0 Å². The number of nitrogens with one attached hydrogen (secondary N) is 1. The van der Waals surface area contributed by atoms with E-state index in [-0.39, 0.29) is 11.6 Å². The van der Waals surface area contributed by atoms with Crippen molar-refractivity contribution in [2.75, 3.05) is 11.9 Å². The Labute approximate surface area is 120 Å². The molecule has 0 aliphatic heterocycles. The molecule has 0 aliphatic rings. The fourth-order valence-electron chi connectivity index (χ4n) is 1.78. The first-order chi connectivity index (χ1) is 9.13. The molecule has 2 nitrogen and oxygen atoms in total. The number of halogens is 3. The van der Waals surface area contributed by atoms with Crippen LogP contribution >= 0.6 is 23.2 Å². The molecule has 2 N–H and O–H groups in total. The summed E-state index contributed by atoms with van der Waals surface area (Å²) in [7, 11) is 0. The summed E-state index contributed by atoms with van der Waals surface area (Å²) in [6.45, 7) is -0.275. The molecule has 1 atom stereocenters. The Morgan fingerprint density at radius 3 is 2.42 bits per heavy atom. The van der Waals surface area contributed by atoms with E-state index in [1.807, 2.05) is 0 Å². The van der Waals surface area contributed by atoms with Crippen LogP contribution in [-0.4, -0.2) is 11.7 Å². The van der Waals surface area contributed by atoms with Gasteiger partial charge < -0.3 is 10.4 Å². The van der Waals surface area contributed by atoms with E-state index in [2.05, 4.69) is 5.32 Å². The van der Waals surface area contributed by atoms with E-state index >= 15 is 0 Å². The average Bonchev–Trinajstić information content (AvgIpc) is 2.41. The summed E-state index contributed by atoms with van der Waals surface area (Å²) in [5.74, 6) is -0.539. The zero-order valence-corrected chi connectivity index (χ0v) is 11.4. The highest BCUT2D eigenvalue weighted by Crippen LogP contribution is 2.29. The van der Waals surface area contributed by atoms with Crippen LogP contribution in [0, 0.1) is 5.82 Å². The molecular formula is C14H12Cl2FNO. The second-order valence-electron chi connectivity index (χ2n) is 4.00. The number of hydrogen-bond acceptors (Lipinski definition) is 2. The molecule has 0 aromatic heterocycles. The maximum atomic E-state index is 13.9. The lowest BCUT2D eigenvalue weighted by atomic mass is 10.1. The maximum Gasteiger partial charge on any atom is 0.147 e. The van der Waals surface area contributed by atoms with Crippen LogP contribution in [0.2, 0.25) is 10.0 Å². The molecule has 2 aromatic rings. The smallest absolute Gasteiger partial charge is 0.147 e. The highest BCUT2D eigenvalue weighted by atomic mass is 35.5. The lowest BCUT2D eigenvalue weighted by molar-refractivity contribution is 0.274. The molecule has 2 aromatic carbocycles. The van der Waals surface area contributed by atoms with Crippen molar-refractivity contribution in [1.82, 2.24) is 0 Å². The first kappa shape index (κ1) is 14.1. The van der Waals surface area contributed by atoms with Crippen molar-refractivity contribution >= 4 is 28.9 Å². The summed E-state index contributed by atoms with van der Waals surface area (Å²) >= 11 is 11.8. The summed E-state index contributed by atoms with van der Waals surface area (Å²) in [6.07, 6.45) is 0. The predicted molar refractivity (Wildman–Crippen MR) is 76.3 cm³/mol. The maximum absolute atomic E-state index is 13.9. The molecule has 1 unspecified atom stereocenters. The van der Waals surface area contributed by atoms with Crippen molar-refractivity contribution in [3.63, 3.8) is 0 Å². The molecule has 2 rings (SSSR count). The molecule has 0 bridgehead atoms. The van der Waals surface area contributed by atoms with E-state index in [0.717, 1.165) is 0 Å². The Bertz CT molecular complexity index is 577. The molecule has 100 valence electrons. The molecule has 0 heterocycles. The van der Waals surface area contributed by atoms with Gasteiger partial charge in [0.25, 0.3) is 0 Å². The van der Waals surface area contributed by atoms with Gasteiger partial charge in [0.05, 0.1) is 28.4 Å². The van der Waals surface area contributed by atoms with Crippen molar-refractivity contribution in [3.8, 4) is 0 Å². The highest BCUT2D eigenvalue weighted by molar-refractivity contribution is 6.33. The second-order valence-corrected chi connectivity index (χ2v) is 4.82. The fraction of sp³-hybridized carbons (Fsp3) is 0.143. The molecule has 0 aliphatic carbocycles.